The topological polar surface area (TPSA) is 92.7 Å². The zero-order chi connectivity index (χ0) is 24.2. The highest BCUT2D eigenvalue weighted by Gasteiger charge is 2.52. The maximum absolute atomic E-state index is 13.1. The van der Waals surface area contributed by atoms with Crippen molar-refractivity contribution in [2.45, 2.75) is 23.2 Å². The summed E-state index contributed by atoms with van der Waals surface area (Å²) >= 11 is 0. The molecule has 0 atom stereocenters. The quantitative estimate of drug-likeness (QED) is 0.555. The van der Waals surface area contributed by atoms with Crippen LogP contribution in [0.25, 0.3) is 11.1 Å². The second kappa shape index (κ2) is 8.13. The third-order valence-corrected chi connectivity index (χ3v) is 8.35. The van der Waals surface area contributed by atoms with Gasteiger partial charge in [0.15, 0.2) is 9.84 Å². The number of sulfone groups is 1. The van der Waals surface area contributed by atoms with Gasteiger partial charge in [0.1, 0.15) is 0 Å². The van der Waals surface area contributed by atoms with Crippen molar-refractivity contribution in [1.82, 2.24) is 14.9 Å². The van der Waals surface area contributed by atoms with Crippen LogP contribution in [-0.4, -0.2) is 68.3 Å². The number of aromatic nitrogens is 2. The molecule has 180 valence electrons. The summed E-state index contributed by atoms with van der Waals surface area (Å²) < 4.78 is 29.9. The molecule has 6 rings (SSSR count). The Labute approximate surface area is 204 Å². The summed E-state index contributed by atoms with van der Waals surface area (Å²) in [6, 6.07) is 12.9. The Bertz CT molecular complexity index is 1410. The minimum absolute atomic E-state index is 0.0152. The smallest absolute Gasteiger partial charge is 0.254 e. The summed E-state index contributed by atoms with van der Waals surface area (Å²) in [5.41, 5.74) is 4.21. The van der Waals surface area contributed by atoms with Crippen LogP contribution in [0.3, 0.4) is 0 Å². The van der Waals surface area contributed by atoms with Crippen molar-refractivity contribution in [1.29, 1.82) is 0 Å². The van der Waals surface area contributed by atoms with Crippen LogP contribution in [0, 0.1) is 0 Å². The molecule has 3 aliphatic rings. The van der Waals surface area contributed by atoms with E-state index in [9.17, 15) is 13.2 Å². The molecule has 35 heavy (non-hydrogen) atoms. The number of hydrogen-bond donors (Lipinski definition) is 0. The summed E-state index contributed by atoms with van der Waals surface area (Å²) in [6.07, 6.45) is 6.76. The number of amides is 1. The van der Waals surface area contributed by atoms with Crippen LogP contribution < -0.4 is 4.90 Å². The van der Waals surface area contributed by atoms with Crippen LogP contribution in [0.1, 0.15) is 28.8 Å². The Morgan fingerprint density at radius 2 is 1.74 bits per heavy atom. The minimum atomic E-state index is -3.39. The first-order chi connectivity index (χ1) is 16.9. The van der Waals surface area contributed by atoms with Gasteiger partial charge in [-0.3, -0.25) is 4.79 Å². The van der Waals surface area contributed by atoms with Gasteiger partial charge in [0, 0.05) is 66.1 Å². The summed E-state index contributed by atoms with van der Waals surface area (Å²) in [5, 5.41) is 0. The van der Waals surface area contributed by atoms with E-state index in [0.29, 0.717) is 48.9 Å². The van der Waals surface area contributed by atoms with Crippen molar-refractivity contribution in [3.63, 3.8) is 0 Å². The van der Waals surface area contributed by atoms with E-state index in [0.717, 1.165) is 25.1 Å². The van der Waals surface area contributed by atoms with Gasteiger partial charge < -0.3 is 14.5 Å². The lowest BCUT2D eigenvalue weighted by Gasteiger charge is -2.27. The number of anilines is 2. The summed E-state index contributed by atoms with van der Waals surface area (Å²) in [5.74, 6) is 0.563. The second-order valence-electron chi connectivity index (χ2n) is 9.54. The molecule has 1 amide bonds. The zero-order valence-corrected chi connectivity index (χ0v) is 20.3. The van der Waals surface area contributed by atoms with Gasteiger partial charge in [-0.05, 0) is 36.6 Å². The van der Waals surface area contributed by atoms with E-state index in [1.165, 1.54) is 11.8 Å². The number of benzene rings is 2. The van der Waals surface area contributed by atoms with Gasteiger partial charge in [-0.1, -0.05) is 24.3 Å². The van der Waals surface area contributed by atoms with Crippen molar-refractivity contribution >= 4 is 27.4 Å². The van der Waals surface area contributed by atoms with Crippen LogP contribution in [0.4, 0.5) is 11.6 Å². The standard InChI is InChI=1S/C26H26N4O4S/c1-35(32,33)23-5-3-2-4-20(23)19-15-27-25(28-16-19)30-17-26(8-9-26)21-7-6-18(14-22(21)30)24(31)29-10-12-34-13-11-29/h2-7,14-16H,8-13,17H2,1H3. The van der Waals surface area contributed by atoms with Gasteiger partial charge in [0.2, 0.25) is 5.95 Å². The largest absolute Gasteiger partial charge is 0.378 e. The first-order valence-electron chi connectivity index (χ1n) is 11.8. The number of hydrogen-bond acceptors (Lipinski definition) is 7. The van der Waals surface area contributed by atoms with Crippen LogP contribution in [0.5, 0.6) is 0 Å². The molecular weight excluding hydrogens is 464 g/mol. The number of carbonyl (C=O) groups excluding carboxylic acids is 1. The number of fused-ring (bicyclic) bond motifs is 2. The zero-order valence-electron chi connectivity index (χ0n) is 19.5. The molecule has 1 aliphatic carbocycles. The molecule has 8 nitrogen and oxygen atoms in total. The predicted octanol–water partition coefficient (Wildman–Crippen LogP) is 3.20. The number of ether oxygens (including phenoxy) is 1. The van der Waals surface area contributed by atoms with Crippen LogP contribution in [0.2, 0.25) is 0 Å². The van der Waals surface area contributed by atoms with Crippen LogP contribution >= 0.6 is 0 Å². The average molecular weight is 491 g/mol. The SMILES string of the molecule is CS(=O)(=O)c1ccccc1-c1cnc(N2CC3(CC3)c3ccc(C(=O)N4CCOCC4)cc32)nc1. The van der Waals surface area contributed by atoms with Crippen LogP contribution in [0.15, 0.2) is 59.8 Å². The lowest BCUT2D eigenvalue weighted by atomic mass is 9.97. The third-order valence-electron chi connectivity index (χ3n) is 7.20. The monoisotopic (exact) mass is 490 g/mol. The predicted molar refractivity (Wildman–Crippen MR) is 132 cm³/mol. The Hall–Kier alpha value is -3.30. The highest BCUT2D eigenvalue weighted by atomic mass is 32.2. The normalized spacial score (nSPS) is 18.5. The van der Waals surface area contributed by atoms with E-state index in [-0.39, 0.29) is 16.2 Å². The van der Waals surface area contributed by atoms with Gasteiger partial charge in [-0.15, -0.1) is 0 Å². The van der Waals surface area contributed by atoms with Crippen LogP contribution in [-0.2, 0) is 20.0 Å². The van der Waals surface area contributed by atoms with E-state index < -0.39 is 9.84 Å². The molecule has 1 saturated heterocycles. The van der Waals surface area contributed by atoms with E-state index in [1.54, 1.807) is 36.7 Å². The lowest BCUT2D eigenvalue weighted by Crippen LogP contribution is -2.40. The third kappa shape index (κ3) is 3.88. The van der Waals surface area contributed by atoms with Crippen molar-refractivity contribution in [3.05, 3.63) is 66.0 Å². The number of morpholine rings is 1. The van der Waals surface area contributed by atoms with Gasteiger partial charge in [0.05, 0.1) is 18.1 Å². The number of carbonyl (C=O) groups is 1. The molecule has 1 spiro atoms. The molecule has 0 bridgehead atoms. The van der Waals surface area contributed by atoms with Gasteiger partial charge in [-0.2, -0.15) is 0 Å². The summed E-state index contributed by atoms with van der Waals surface area (Å²) in [6.45, 7) is 3.10. The molecule has 2 fully saturated rings. The number of nitrogens with zero attached hydrogens (tertiary/aromatic N) is 4. The minimum Gasteiger partial charge on any atom is -0.378 e. The molecule has 2 aliphatic heterocycles. The van der Waals surface area contributed by atoms with Gasteiger partial charge in [-0.25, -0.2) is 18.4 Å². The first-order valence-corrected chi connectivity index (χ1v) is 13.7. The molecule has 1 saturated carbocycles. The van der Waals surface area contributed by atoms with E-state index in [2.05, 4.69) is 20.9 Å². The van der Waals surface area contributed by atoms with Gasteiger partial charge >= 0.3 is 0 Å². The Balaban J connectivity index is 1.34. The Kier molecular flexibility index (Phi) is 5.16. The first kappa shape index (κ1) is 22.2. The fourth-order valence-corrected chi connectivity index (χ4v) is 6.05. The molecule has 0 N–H and O–H groups in total. The second-order valence-corrected chi connectivity index (χ2v) is 11.5. The molecule has 1 aromatic heterocycles. The van der Waals surface area contributed by atoms with Crippen molar-refractivity contribution in [3.8, 4) is 11.1 Å². The van der Waals surface area contributed by atoms with E-state index in [4.69, 9.17) is 4.74 Å². The lowest BCUT2D eigenvalue weighted by molar-refractivity contribution is 0.0303. The summed E-state index contributed by atoms with van der Waals surface area (Å²) in [7, 11) is -3.39. The maximum atomic E-state index is 13.1. The van der Waals surface area contributed by atoms with E-state index >= 15 is 0 Å². The van der Waals surface area contributed by atoms with Gasteiger partial charge in [0.25, 0.3) is 5.91 Å². The fourth-order valence-electron chi connectivity index (χ4n) is 5.14. The van der Waals surface area contributed by atoms with E-state index in [1.807, 2.05) is 17.0 Å². The average Bonchev–Trinajstić information content (AvgIpc) is 3.60. The maximum Gasteiger partial charge on any atom is 0.254 e. The highest BCUT2D eigenvalue weighted by molar-refractivity contribution is 7.90. The fraction of sp³-hybridized carbons (Fsp3) is 0.346. The Morgan fingerprint density at radius 1 is 1.03 bits per heavy atom. The van der Waals surface area contributed by atoms with Crippen molar-refractivity contribution in [2.24, 2.45) is 0 Å². The molecule has 3 heterocycles. The Morgan fingerprint density at radius 3 is 2.43 bits per heavy atom. The molecular formula is C26H26N4O4S. The number of rotatable bonds is 4. The molecule has 0 radical (unpaired) electrons. The van der Waals surface area contributed by atoms with Crippen molar-refractivity contribution < 1.29 is 17.9 Å². The van der Waals surface area contributed by atoms with Crippen molar-refractivity contribution in [2.75, 3.05) is 44.0 Å². The molecule has 0 unspecified atom stereocenters. The molecule has 2 aromatic carbocycles. The summed E-state index contributed by atoms with van der Waals surface area (Å²) in [4.78, 5) is 26.5. The highest BCUT2D eigenvalue weighted by Crippen LogP contribution is 2.57. The molecule has 9 heteroatoms. The molecule has 3 aromatic rings.